The standard InChI is InChI=1S/C24H19NO5/c1-28-18-10-11-19(22(14-18)29-2)23(26)25-17-8-5-7-15(12-17)20-13-16-6-3-4-9-21(16)30-24(20)27/h3-14H,1-2H3,(H,25,26). The first-order valence-corrected chi connectivity index (χ1v) is 9.26. The summed E-state index contributed by atoms with van der Waals surface area (Å²) in [5.74, 6) is 0.656. The quantitative estimate of drug-likeness (QED) is 0.489. The lowest BCUT2D eigenvalue weighted by Crippen LogP contribution is -2.13. The van der Waals surface area contributed by atoms with E-state index < -0.39 is 5.63 Å². The smallest absolute Gasteiger partial charge is 0.344 e. The Balaban J connectivity index is 1.66. The van der Waals surface area contributed by atoms with Crippen LogP contribution >= 0.6 is 0 Å². The fourth-order valence-corrected chi connectivity index (χ4v) is 3.21. The summed E-state index contributed by atoms with van der Waals surface area (Å²) in [4.78, 5) is 25.2. The van der Waals surface area contributed by atoms with E-state index in [1.807, 2.05) is 18.2 Å². The number of hydrogen-bond donors (Lipinski definition) is 1. The first kappa shape index (κ1) is 19.3. The lowest BCUT2D eigenvalue weighted by atomic mass is 10.1. The number of nitrogens with one attached hydrogen (secondary N) is 1. The van der Waals surface area contributed by atoms with Crippen molar-refractivity contribution in [1.29, 1.82) is 0 Å². The van der Waals surface area contributed by atoms with Gasteiger partial charge in [-0.15, -0.1) is 0 Å². The van der Waals surface area contributed by atoms with Gasteiger partial charge in [-0.05, 0) is 42.0 Å². The number of para-hydroxylation sites is 1. The van der Waals surface area contributed by atoms with Crippen molar-refractivity contribution in [2.75, 3.05) is 19.5 Å². The Kier molecular flexibility index (Phi) is 5.22. The first-order valence-electron chi connectivity index (χ1n) is 9.26. The second kappa shape index (κ2) is 8.13. The molecule has 0 unspecified atom stereocenters. The zero-order valence-electron chi connectivity index (χ0n) is 16.5. The van der Waals surface area contributed by atoms with Crippen LogP contribution in [0.15, 0.2) is 82.0 Å². The van der Waals surface area contributed by atoms with Crippen LogP contribution in [0.2, 0.25) is 0 Å². The van der Waals surface area contributed by atoms with E-state index in [1.54, 1.807) is 61.7 Å². The number of hydrogen-bond acceptors (Lipinski definition) is 5. The molecule has 4 rings (SSSR count). The maximum Gasteiger partial charge on any atom is 0.344 e. The molecule has 0 saturated carbocycles. The largest absolute Gasteiger partial charge is 0.497 e. The summed E-state index contributed by atoms with van der Waals surface area (Å²) in [6, 6.07) is 21.1. The van der Waals surface area contributed by atoms with Crippen molar-refractivity contribution in [1.82, 2.24) is 0 Å². The van der Waals surface area contributed by atoms with Gasteiger partial charge in [0.2, 0.25) is 0 Å². The zero-order chi connectivity index (χ0) is 21.1. The Hall–Kier alpha value is -4.06. The SMILES string of the molecule is COc1ccc(C(=O)Nc2cccc(-c3cc4ccccc4oc3=O)c2)c(OC)c1. The lowest BCUT2D eigenvalue weighted by molar-refractivity contribution is 0.102. The maximum absolute atomic E-state index is 12.8. The molecule has 30 heavy (non-hydrogen) atoms. The molecular formula is C24H19NO5. The maximum atomic E-state index is 12.8. The molecule has 0 atom stereocenters. The van der Waals surface area contributed by atoms with E-state index in [2.05, 4.69) is 5.32 Å². The Labute approximate surface area is 172 Å². The Morgan fingerprint density at radius 1 is 0.900 bits per heavy atom. The zero-order valence-corrected chi connectivity index (χ0v) is 16.5. The number of methoxy groups -OCH3 is 2. The van der Waals surface area contributed by atoms with E-state index in [0.717, 1.165) is 5.39 Å². The van der Waals surface area contributed by atoms with Crippen molar-refractivity contribution >= 4 is 22.6 Å². The Bertz CT molecular complexity index is 1290. The van der Waals surface area contributed by atoms with Crippen molar-refractivity contribution < 1.29 is 18.7 Å². The summed E-state index contributed by atoms with van der Waals surface area (Å²) in [5, 5.41) is 3.67. The first-order chi connectivity index (χ1) is 14.6. The van der Waals surface area contributed by atoms with Crippen LogP contribution in [0.5, 0.6) is 11.5 Å². The molecule has 0 aliphatic carbocycles. The number of benzene rings is 3. The highest BCUT2D eigenvalue weighted by atomic mass is 16.5. The molecule has 4 aromatic rings. The minimum absolute atomic E-state index is 0.336. The molecule has 0 aliphatic heterocycles. The molecule has 6 heteroatoms. The van der Waals surface area contributed by atoms with Crippen LogP contribution in [-0.4, -0.2) is 20.1 Å². The molecule has 6 nitrogen and oxygen atoms in total. The number of anilines is 1. The van der Waals surface area contributed by atoms with Crippen molar-refractivity contribution in [3.8, 4) is 22.6 Å². The number of ether oxygens (including phenoxy) is 2. The van der Waals surface area contributed by atoms with Crippen LogP contribution in [0.3, 0.4) is 0 Å². The molecule has 150 valence electrons. The third-order valence-corrected chi connectivity index (χ3v) is 4.73. The average molecular weight is 401 g/mol. The van der Waals surface area contributed by atoms with Gasteiger partial charge in [-0.3, -0.25) is 4.79 Å². The monoisotopic (exact) mass is 401 g/mol. The summed E-state index contributed by atoms with van der Waals surface area (Å²) in [6.45, 7) is 0. The van der Waals surface area contributed by atoms with E-state index in [0.29, 0.717) is 39.5 Å². The van der Waals surface area contributed by atoms with Gasteiger partial charge in [-0.25, -0.2) is 4.79 Å². The third-order valence-electron chi connectivity index (χ3n) is 4.73. The second-order valence-electron chi connectivity index (χ2n) is 6.59. The molecule has 0 fully saturated rings. The van der Waals surface area contributed by atoms with Crippen molar-refractivity contribution in [3.63, 3.8) is 0 Å². The highest BCUT2D eigenvalue weighted by molar-refractivity contribution is 6.06. The minimum Gasteiger partial charge on any atom is -0.497 e. The molecule has 0 aliphatic rings. The lowest BCUT2D eigenvalue weighted by Gasteiger charge is -2.11. The summed E-state index contributed by atoms with van der Waals surface area (Å²) >= 11 is 0. The molecule has 0 spiro atoms. The highest BCUT2D eigenvalue weighted by Gasteiger charge is 2.15. The van der Waals surface area contributed by atoms with Gasteiger partial charge < -0.3 is 19.2 Å². The Morgan fingerprint density at radius 2 is 1.73 bits per heavy atom. The average Bonchev–Trinajstić information content (AvgIpc) is 2.78. The van der Waals surface area contributed by atoms with Crippen molar-refractivity contribution in [3.05, 3.63) is 88.8 Å². The van der Waals surface area contributed by atoms with E-state index >= 15 is 0 Å². The number of carbonyl (C=O) groups excluding carboxylic acids is 1. The fraction of sp³-hybridized carbons (Fsp3) is 0.0833. The third kappa shape index (κ3) is 3.75. The van der Waals surface area contributed by atoms with E-state index in [1.165, 1.54) is 7.11 Å². The number of amides is 1. The van der Waals surface area contributed by atoms with Gasteiger partial charge in [0.15, 0.2) is 0 Å². The number of carbonyl (C=O) groups is 1. The van der Waals surface area contributed by atoms with Crippen molar-refractivity contribution in [2.24, 2.45) is 0 Å². The van der Waals surface area contributed by atoms with Crippen LogP contribution in [0.4, 0.5) is 5.69 Å². The van der Waals surface area contributed by atoms with E-state index in [-0.39, 0.29) is 5.91 Å². The van der Waals surface area contributed by atoms with Gasteiger partial charge in [0.05, 0.1) is 25.3 Å². The molecule has 0 saturated heterocycles. The molecule has 3 aromatic carbocycles. The molecule has 1 amide bonds. The normalized spacial score (nSPS) is 10.6. The topological polar surface area (TPSA) is 77.8 Å². The molecule has 1 aromatic heterocycles. The molecule has 0 bridgehead atoms. The van der Waals surface area contributed by atoms with Gasteiger partial charge >= 0.3 is 5.63 Å². The van der Waals surface area contributed by atoms with Gasteiger partial charge in [-0.2, -0.15) is 0 Å². The van der Waals surface area contributed by atoms with Crippen LogP contribution in [-0.2, 0) is 0 Å². The second-order valence-corrected chi connectivity index (χ2v) is 6.59. The van der Waals surface area contributed by atoms with Crippen LogP contribution in [0.1, 0.15) is 10.4 Å². The van der Waals surface area contributed by atoms with Gasteiger partial charge in [0, 0.05) is 17.1 Å². The molecular weight excluding hydrogens is 382 g/mol. The highest BCUT2D eigenvalue weighted by Crippen LogP contribution is 2.27. The molecule has 1 heterocycles. The van der Waals surface area contributed by atoms with Crippen LogP contribution in [0, 0.1) is 0 Å². The van der Waals surface area contributed by atoms with Crippen LogP contribution < -0.4 is 20.4 Å². The van der Waals surface area contributed by atoms with Gasteiger partial charge in [0.25, 0.3) is 5.91 Å². The number of fused-ring (bicyclic) bond motifs is 1. The van der Waals surface area contributed by atoms with Crippen molar-refractivity contribution in [2.45, 2.75) is 0 Å². The van der Waals surface area contributed by atoms with Gasteiger partial charge in [-0.1, -0.05) is 30.3 Å². The summed E-state index contributed by atoms with van der Waals surface area (Å²) in [6.07, 6.45) is 0. The van der Waals surface area contributed by atoms with E-state index in [9.17, 15) is 9.59 Å². The van der Waals surface area contributed by atoms with E-state index in [4.69, 9.17) is 13.9 Å². The summed E-state index contributed by atoms with van der Waals surface area (Å²) in [7, 11) is 3.04. The number of rotatable bonds is 5. The predicted octanol–water partition coefficient (Wildman–Crippen LogP) is 4.73. The Morgan fingerprint density at radius 3 is 2.53 bits per heavy atom. The summed E-state index contributed by atoms with van der Waals surface area (Å²) < 4.78 is 15.9. The minimum atomic E-state index is -0.436. The van der Waals surface area contributed by atoms with Crippen LogP contribution in [0.25, 0.3) is 22.1 Å². The summed E-state index contributed by atoms with van der Waals surface area (Å²) in [5.41, 5.74) is 2.08. The fourth-order valence-electron chi connectivity index (χ4n) is 3.21. The molecule has 0 radical (unpaired) electrons. The van der Waals surface area contributed by atoms with Gasteiger partial charge in [0.1, 0.15) is 17.1 Å². The predicted molar refractivity (Wildman–Crippen MR) is 115 cm³/mol. The molecule has 1 N–H and O–H groups in total.